The van der Waals surface area contributed by atoms with E-state index in [2.05, 4.69) is 81.4 Å². The Balaban J connectivity index is 0.000000182. The van der Waals surface area contributed by atoms with Crippen LogP contribution in [0.4, 0.5) is 0 Å². The van der Waals surface area contributed by atoms with E-state index in [-0.39, 0.29) is 31.5 Å². The lowest BCUT2D eigenvalue weighted by atomic mass is 9.47. The zero-order valence-corrected chi connectivity index (χ0v) is 43.5. The average molecular weight is 905 g/mol. The fraction of sp³-hybridized carbons (Fsp3) is 0.898. The van der Waals surface area contributed by atoms with Gasteiger partial charge in [-0.05, 0) is 202 Å². The smallest absolute Gasteiger partial charge is 0.303 e. The number of rotatable bonds is 14. The van der Waals surface area contributed by atoms with Crippen molar-refractivity contribution < 1.29 is 30.0 Å². The van der Waals surface area contributed by atoms with Gasteiger partial charge in [-0.25, -0.2) is 0 Å². The van der Waals surface area contributed by atoms with Crippen molar-refractivity contribution in [3.8, 4) is 0 Å². The molecule has 0 heterocycles. The molecule has 0 bridgehead atoms. The third kappa shape index (κ3) is 11.5. The van der Waals surface area contributed by atoms with Crippen molar-refractivity contribution in [2.24, 2.45) is 92.7 Å². The highest BCUT2D eigenvalue weighted by Gasteiger charge is 2.60. The maximum atomic E-state index is 10.2. The molecule has 6 fully saturated rings. The van der Waals surface area contributed by atoms with Gasteiger partial charge in [0.05, 0.1) is 12.2 Å². The van der Waals surface area contributed by atoms with Gasteiger partial charge in [-0.1, -0.05) is 131 Å². The monoisotopic (exact) mass is 905 g/mol. The van der Waals surface area contributed by atoms with E-state index >= 15 is 0 Å². The van der Waals surface area contributed by atoms with Crippen LogP contribution < -0.4 is 0 Å². The minimum absolute atomic E-state index is 0.0632. The molecule has 6 heteroatoms. The van der Waals surface area contributed by atoms with Gasteiger partial charge in [0.1, 0.15) is 0 Å². The van der Waals surface area contributed by atoms with E-state index in [9.17, 15) is 19.8 Å². The first-order valence-corrected chi connectivity index (χ1v) is 27.8. The number of hydrogen-bond acceptors (Lipinski definition) is 4. The predicted octanol–water partition coefficient (Wildman–Crippen LogP) is 15.1. The van der Waals surface area contributed by atoms with Gasteiger partial charge in [0.15, 0.2) is 0 Å². The summed E-state index contributed by atoms with van der Waals surface area (Å²) in [6.07, 6.45) is 34.4. The highest BCUT2D eigenvalue weighted by molar-refractivity contribution is 5.69. The van der Waals surface area contributed by atoms with Crippen molar-refractivity contribution in [3.63, 3.8) is 0 Å². The molecular formula is C59H100O6. The molecule has 0 aromatic carbocycles. The molecule has 0 spiro atoms. The van der Waals surface area contributed by atoms with Gasteiger partial charge in [0.25, 0.3) is 0 Å². The van der Waals surface area contributed by atoms with Crippen molar-refractivity contribution in [2.45, 2.75) is 242 Å². The first kappa shape index (κ1) is 52.7. The molecule has 0 aromatic rings. The average Bonchev–Trinajstić information content (AvgIpc) is 3.78. The molecule has 16 atom stereocenters. The van der Waals surface area contributed by atoms with Crippen LogP contribution in [0.2, 0.25) is 0 Å². The van der Waals surface area contributed by atoms with E-state index in [1.54, 1.807) is 11.1 Å². The largest absolute Gasteiger partial charge is 0.481 e. The SMILES string of the molecule is CC(C)CCC[C@@H](C)[C@H]1CC[C@H]2[C@@H]3CC=C4C[C@@H](O)CC[C@]4(C)[C@H]3CC[C@]12C.CC(C)CCC[C@@H](C)[C@H]1CC[C@H]2[C@@H]3CC=C4C[C@@H](O)CC[C@]4(C)[C@H]3CC[C@]12C.O=C(O)CCCC(=O)O. The summed E-state index contributed by atoms with van der Waals surface area (Å²) < 4.78 is 0. The quantitative estimate of drug-likeness (QED) is 0.129. The Morgan fingerprint density at radius 2 is 0.908 bits per heavy atom. The maximum absolute atomic E-state index is 10.2. The fourth-order valence-corrected chi connectivity index (χ4v) is 17.7. The van der Waals surface area contributed by atoms with E-state index in [0.717, 1.165) is 96.7 Å². The minimum atomic E-state index is -0.948. The molecule has 8 rings (SSSR count). The van der Waals surface area contributed by atoms with Gasteiger partial charge < -0.3 is 20.4 Å². The topological polar surface area (TPSA) is 115 Å². The lowest BCUT2D eigenvalue weighted by Gasteiger charge is -2.58. The van der Waals surface area contributed by atoms with Crippen LogP contribution in [-0.2, 0) is 9.59 Å². The summed E-state index contributed by atoms with van der Waals surface area (Å²) in [4.78, 5) is 19.6. The van der Waals surface area contributed by atoms with Crippen molar-refractivity contribution in [2.75, 3.05) is 0 Å². The third-order valence-electron chi connectivity index (χ3n) is 21.3. The number of carboxylic acids is 2. The van der Waals surface area contributed by atoms with Crippen LogP contribution in [0.1, 0.15) is 230 Å². The Kier molecular flexibility index (Phi) is 17.8. The minimum Gasteiger partial charge on any atom is -0.481 e. The number of aliphatic hydroxyl groups is 2. The van der Waals surface area contributed by atoms with Crippen LogP contribution in [0.25, 0.3) is 0 Å². The van der Waals surface area contributed by atoms with Gasteiger partial charge >= 0.3 is 11.9 Å². The summed E-state index contributed by atoms with van der Waals surface area (Å²) in [5, 5.41) is 36.5. The van der Waals surface area contributed by atoms with E-state index < -0.39 is 11.9 Å². The molecule has 6 saturated carbocycles. The van der Waals surface area contributed by atoms with Crippen LogP contribution >= 0.6 is 0 Å². The molecule has 8 aliphatic carbocycles. The zero-order valence-electron chi connectivity index (χ0n) is 43.5. The molecule has 0 aromatic heterocycles. The predicted molar refractivity (Wildman–Crippen MR) is 267 cm³/mol. The van der Waals surface area contributed by atoms with Gasteiger partial charge in [-0.2, -0.15) is 0 Å². The first-order valence-electron chi connectivity index (χ1n) is 27.8. The maximum Gasteiger partial charge on any atom is 0.303 e. The molecule has 372 valence electrons. The van der Waals surface area contributed by atoms with Crippen LogP contribution in [0.15, 0.2) is 23.3 Å². The molecule has 0 unspecified atom stereocenters. The second-order valence-electron chi connectivity index (χ2n) is 26.0. The summed E-state index contributed by atoms with van der Waals surface area (Å²) in [6, 6.07) is 0. The van der Waals surface area contributed by atoms with E-state index in [4.69, 9.17) is 10.2 Å². The number of aliphatic carboxylic acids is 2. The molecule has 0 aliphatic heterocycles. The third-order valence-corrected chi connectivity index (χ3v) is 21.3. The molecule has 0 saturated heterocycles. The summed E-state index contributed by atoms with van der Waals surface area (Å²) in [6.45, 7) is 25.1. The van der Waals surface area contributed by atoms with Crippen LogP contribution in [0.3, 0.4) is 0 Å². The standard InChI is InChI=1S/2C27H46O.C5H8O4/c2*1-18(2)7-6-8-19(3)23-11-12-24-22-10-9-20-17-21(28)13-15-26(20,4)25(22)14-16-27(23,24)5;6-4(7)2-1-3-5(8)9/h2*9,18-19,21-25,28H,6-8,10-17H2,1-5H3;1-3H2,(H,6,7)(H,8,9)/t2*19-,21+,22+,23-,24+,25+,26+,27-;/m11./s1. The number of hydrogen-bond donors (Lipinski definition) is 4. The van der Waals surface area contributed by atoms with Crippen LogP contribution in [0, 0.1) is 92.7 Å². The lowest BCUT2D eigenvalue weighted by molar-refractivity contribution is -0.138. The Morgan fingerprint density at radius 3 is 1.26 bits per heavy atom. The zero-order chi connectivity index (χ0) is 47.5. The molecule has 0 radical (unpaired) electrons. The van der Waals surface area contributed by atoms with Gasteiger partial charge in [-0.15, -0.1) is 0 Å². The second-order valence-corrected chi connectivity index (χ2v) is 26.0. The molecule has 65 heavy (non-hydrogen) atoms. The van der Waals surface area contributed by atoms with Crippen molar-refractivity contribution in [1.82, 2.24) is 0 Å². The van der Waals surface area contributed by atoms with Crippen LogP contribution in [0.5, 0.6) is 0 Å². The van der Waals surface area contributed by atoms with Gasteiger partial charge in [0, 0.05) is 12.8 Å². The highest BCUT2D eigenvalue weighted by Crippen LogP contribution is 2.69. The first-order chi connectivity index (χ1) is 30.6. The molecule has 0 amide bonds. The summed E-state index contributed by atoms with van der Waals surface area (Å²) in [5.74, 6) is 9.02. The Bertz CT molecular complexity index is 1530. The number of aliphatic hydroxyl groups excluding tert-OH is 2. The number of carboxylic acid groups (broad SMARTS) is 2. The molecule has 6 nitrogen and oxygen atoms in total. The van der Waals surface area contributed by atoms with E-state index in [1.807, 2.05) is 0 Å². The van der Waals surface area contributed by atoms with Crippen molar-refractivity contribution in [1.29, 1.82) is 0 Å². The Hall–Kier alpha value is -1.66. The lowest BCUT2D eigenvalue weighted by Crippen LogP contribution is -2.50. The molecular weight excluding hydrogens is 805 g/mol. The van der Waals surface area contributed by atoms with E-state index in [0.29, 0.717) is 21.7 Å². The summed E-state index contributed by atoms with van der Waals surface area (Å²) >= 11 is 0. The van der Waals surface area contributed by atoms with Crippen molar-refractivity contribution >= 4 is 11.9 Å². The summed E-state index contributed by atoms with van der Waals surface area (Å²) in [7, 11) is 0. The summed E-state index contributed by atoms with van der Waals surface area (Å²) in [5.41, 5.74) is 5.21. The Morgan fingerprint density at radius 1 is 0.523 bits per heavy atom. The number of allylic oxidation sites excluding steroid dienone is 2. The molecule has 4 N–H and O–H groups in total. The second kappa shape index (κ2) is 22.0. The highest BCUT2D eigenvalue weighted by atomic mass is 16.4. The van der Waals surface area contributed by atoms with E-state index in [1.165, 1.54) is 116 Å². The van der Waals surface area contributed by atoms with Gasteiger partial charge in [0.2, 0.25) is 0 Å². The fourth-order valence-electron chi connectivity index (χ4n) is 17.7. The van der Waals surface area contributed by atoms with Crippen LogP contribution in [-0.4, -0.2) is 44.6 Å². The Labute approximate surface area is 398 Å². The normalized spacial score (nSPS) is 41.3. The number of carbonyl (C=O) groups is 2. The number of fused-ring (bicyclic) bond motifs is 10. The van der Waals surface area contributed by atoms with Gasteiger partial charge in [-0.3, -0.25) is 9.59 Å². The van der Waals surface area contributed by atoms with Crippen molar-refractivity contribution in [3.05, 3.63) is 23.3 Å². The molecule has 8 aliphatic rings.